The minimum absolute atomic E-state index is 0.0650. The summed E-state index contributed by atoms with van der Waals surface area (Å²) in [5, 5.41) is 11.1. The number of ether oxygens (including phenoxy) is 1. The van der Waals surface area contributed by atoms with E-state index in [1.807, 2.05) is 19.1 Å². The van der Waals surface area contributed by atoms with Crippen molar-refractivity contribution in [2.24, 2.45) is 0 Å². The lowest BCUT2D eigenvalue weighted by atomic mass is 9.69. The molecule has 7 rings (SSSR count). The van der Waals surface area contributed by atoms with Gasteiger partial charge in [-0.2, -0.15) is 5.10 Å². The van der Waals surface area contributed by atoms with Crippen LogP contribution in [0.5, 0.6) is 0 Å². The number of carbonyl (C=O) groups excluding carboxylic acids is 1. The normalized spacial score (nSPS) is 23.3. The van der Waals surface area contributed by atoms with Gasteiger partial charge in [-0.05, 0) is 32.9 Å². The predicted molar refractivity (Wildman–Crippen MR) is 127 cm³/mol. The zero-order chi connectivity index (χ0) is 23.4. The molecule has 1 saturated carbocycles. The second-order valence-electron chi connectivity index (χ2n) is 9.74. The molecule has 1 aliphatic carbocycles. The fourth-order valence-electron chi connectivity index (χ4n) is 5.12. The van der Waals surface area contributed by atoms with Crippen molar-refractivity contribution >= 4 is 23.2 Å². The Morgan fingerprint density at radius 3 is 2.79 bits per heavy atom. The number of likely N-dealkylation sites (N-methyl/N-ethyl adjacent to an activating group) is 1. The quantitative estimate of drug-likeness (QED) is 0.598. The Labute approximate surface area is 197 Å². The number of fused-ring (bicyclic) bond motifs is 2. The molecule has 2 bridgehead atoms. The van der Waals surface area contributed by atoms with E-state index in [1.165, 1.54) is 12.6 Å². The lowest BCUT2D eigenvalue weighted by molar-refractivity contribution is -0.114. The molecule has 34 heavy (non-hydrogen) atoms. The molecule has 1 amide bonds. The minimum atomic E-state index is -0.174. The van der Waals surface area contributed by atoms with E-state index in [0.717, 1.165) is 60.9 Å². The number of aromatic nitrogens is 5. The second kappa shape index (κ2) is 7.85. The van der Waals surface area contributed by atoms with Crippen LogP contribution in [0.15, 0.2) is 24.4 Å². The Balaban J connectivity index is 1.38. The molecule has 10 heteroatoms. The van der Waals surface area contributed by atoms with Crippen LogP contribution in [-0.2, 0) is 28.0 Å². The van der Waals surface area contributed by atoms with Crippen LogP contribution in [0.4, 0.5) is 17.3 Å². The molecule has 4 aliphatic rings. The summed E-state index contributed by atoms with van der Waals surface area (Å²) < 4.78 is 7.85. The molecule has 10 nitrogen and oxygen atoms in total. The summed E-state index contributed by atoms with van der Waals surface area (Å²) in [4.78, 5) is 28.0. The van der Waals surface area contributed by atoms with Crippen molar-refractivity contribution in [2.45, 2.75) is 51.3 Å². The first-order valence-electron chi connectivity index (χ1n) is 11.6. The first-order chi connectivity index (χ1) is 16.4. The molecule has 0 radical (unpaired) electrons. The summed E-state index contributed by atoms with van der Waals surface area (Å²) in [6, 6.07) is 5.87. The van der Waals surface area contributed by atoms with Gasteiger partial charge in [0.15, 0.2) is 0 Å². The number of nitrogens with zero attached hydrogens (tertiary/aromatic N) is 6. The fourth-order valence-corrected chi connectivity index (χ4v) is 5.12. The molecule has 3 aromatic rings. The van der Waals surface area contributed by atoms with E-state index in [4.69, 9.17) is 19.8 Å². The van der Waals surface area contributed by atoms with E-state index in [9.17, 15) is 4.79 Å². The Bertz CT molecular complexity index is 1270. The highest BCUT2D eigenvalue weighted by atomic mass is 16.5. The number of aryl methyl sites for hydroxylation is 1. The highest BCUT2D eigenvalue weighted by molar-refractivity contribution is 5.89. The molecule has 0 unspecified atom stereocenters. The number of hydrogen-bond donors (Lipinski definition) is 2. The summed E-state index contributed by atoms with van der Waals surface area (Å²) in [5.74, 6) is 1.84. The van der Waals surface area contributed by atoms with E-state index >= 15 is 0 Å². The van der Waals surface area contributed by atoms with Crippen LogP contribution in [0.3, 0.4) is 0 Å². The highest BCUT2D eigenvalue weighted by Crippen LogP contribution is 2.50. The van der Waals surface area contributed by atoms with Gasteiger partial charge < -0.3 is 15.4 Å². The number of anilines is 3. The molecular formula is C24H28N8O2. The third kappa shape index (κ3) is 3.72. The van der Waals surface area contributed by atoms with E-state index < -0.39 is 0 Å². The molecule has 3 fully saturated rings. The zero-order valence-electron chi connectivity index (χ0n) is 19.6. The third-order valence-electron chi connectivity index (χ3n) is 6.90. The summed E-state index contributed by atoms with van der Waals surface area (Å²) in [6.07, 6.45) is 4.06. The second-order valence-corrected chi connectivity index (χ2v) is 9.74. The van der Waals surface area contributed by atoms with E-state index in [2.05, 4.69) is 38.3 Å². The van der Waals surface area contributed by atoms with Gasteiger partial charge in [-0.1, -0.05) is 0 Å². The number of hydrogen-bond acceptors (Lipinski definition) is 8. The Kier molecular flexibility index (Phi) is 4.89. The van der Waals surface area contributed by atoms with Gasteiger partial charge in [0.25, 0.3) is 0 Å². The van der Waals surface area contributed by atoms with Gasteiger partial charge >= 0.3 is 0 Å². The average molecular weight is 461 g/mol. The maximum atomic E-state index is 11.7. The zero-order valence-corrected chi connectivity index (χ0v) is 19.6. The molecule has 176 valence electrons. The summed E-state index contributed by atoms with van der Waals surface area (Å²) in [6.45, 7) is 6.81. The van der Waals surface area contributed by atoms with Crippen LogP contribution in [0.1, 0.15) is 37.0 Å². The van der Waals surface area contributed by atoms with Crippen molar-refractivity contribution in [3.63, 3.8) is 0 Å². The lowest BCUT2D eigenvalue weighted by Crippen LogP contribution is -2.39. The van der Waals surface area contributed by atoms with Gasteiger partial charge in [-0.25, -0.2) is 15.0 Å². The molecule has 3 aromatic heterocycles. The molecular weight excluding hydrogens is 432 g/mol. The van der Waals surface area contributed by atoms with Crippen molar-refractivity contribution < 1.29 is 9.53 Å². The van der Waals surface area contributed by atoms with Gasteiger partial charge in [0.2, 0.25) is 5.91 Å². The number of nitrogens with one attached hydrogen (secondary N) is 2. The number of amides is 1. The van der Waals surface area contributed by atoms with Crippen molar-refractivity contribution in [3.05, 3.63) is 41.6 Å². The highest BCUT2D eigenvalue weighted by Gasteiger charge is 2.55. The van der Waals surface area contributed by atoms with Gasteiger partial charge in [0.05, 0.1) is 41.7 Å². The molecule has 3 aliphatic heterocycles. The fraction of sp³-hybridized carbons (Fsp3) is 0.458. The summed E-state index contributed by atoms with van der Waals surface area (Å²) in [7, 11) is 2.11. The summed E-state index contributed by atoms with van der Waals surface area (Å²) >= 11 is 0. The monoisotopic (exact) mass is 460 g/mol. The molecule has 0 aromatic carbocycles. The van der Waals surface area contributed by atoms with Crippen LogP contribution >= 0.6 is 0 Å². The van der Waals surface area contributed by atoms with E-state index in [-0.39, 0.29) is 11.3 Å². The predicted octanol–water partition coefficient (Wildman–Crippen LogP) is 2.62. The van der Waals surface area contributed by atoms with Gasteiger partial charge in [-0.15, -0.1) is 0 Å². The molecule has 0 spiro atoms. The topological polar surface area (TPSA) is 110 Å². The van der Waals surface area contributed by atoms with Crippen molar-refractivity contribution in [1.82, 2.24) is 29.6 Å². The van der Waals surface area contributed by atoms with Crippen LogP contribution < -0.4 is 10.6 Å². The van der Waals surface area contributed by atoms with E-state index in [1.54, 1.807) is 6.20 Å². The Morgan fingerprint density at radius 1 is 1.18 bits per heavy atom. The number of carbonyl (C=O) groups is 1. The Hall–Kier alpha value is -3.37. The van der Waals surface area contributed by atoms with Gasteiger partial charge in [-0.3, -0.25) is 14.4 Å². The van der Waals surface area contributed by atoms with Crippen molar-refractivity contribution in [2.75, 3.05) is 30.8 Å². The maximum absolute atomic E-state index is 11.7. The standard InChI is InChI=1S/C24H28N8O2/c1-14-6-22(29-23(26-14)24-9-17(10-24)34-13-24)28-19-8-21(27-15(2)33)25-11-18(19)20-7-16-12-31(3)4-5-32(16)30-20/h6-8,11,17H,4-5,9-10,12-13H2,1-3H3,(H2,25,26,27,28,29,33). The largest absolute Gasteiger partial charge is 0.377 e. The van der Waals surface area contributed by atoms with Crippen molar-refractivity contribution in [1.29, 1.82) is 0 Å². The first-order valence-corrected chi connectivity index (χ1v) is 11.6. The van der Waals surface area contributed by atoms with Gasteiger partial charge in [0.1, 0.15) is 17.5 Å². The van der Waals surface area contributed by atoms with Crippen molar-refractivity contribution in [3.8, 4) is 11.3 Å². The van der Waals surface area contributed by atoms with E-state index in [0.29, 0.717) is 24.3 Å². The molecule has 6 heterocycles. The van der Waals surface area contributed by atoms with Crippen LogP contribution in [0.25, 0.3) is 11.3 Å². The Morgan fingerprint density at radius 2 is 2.03 bits per heavy atom. The van der Waals surface area contributed by atoms with Crippen LogP contribution in [0, 0.1) is 6.92 Å². The van der Waals surface area contributed by atoms with Gasteiger partial charge in [0, 0.05) is 49.6 Å². The molecule has 2 N–H and O–H groups in total. The first kappa shape index (κ1) is 21.2. The SMILES string of the molecule is CC(=O)Nc1cc(Nc2cc(C)nc(C34COC(C3)C4)n2)c(-c2cc3n(n2)CCN(C)C3)cn1. The summed E-state index contributed by atoms with van der Waals surface area (Å²) in [5.41, 5.74) is 4.46. The number of rotatable bonds is 5. The van der Waals surface area contributed by atoms with Crippen LogP contribution in [-0.4, -0.2) is 61.8 Å². The molecule has 0 atom stereocenters. The smallest absolute Gasteiger partial charge is 0.222 e. The van der Waals surface area contributed by atoms with Crippen LogP contribution in [0.2, 0.25) is 0 Å². The number of pyridine rings is 1. The third-order valence-corrected chi connectivity index (χ3v) is 6.90. The average Bonchev–Trinajstić information content (AvgIpc) is 3.47. The minimum Gasteiger partial charge on any atom is -0.377 e. The molecule has 2 saturated heterocycles. The maximum Gasteiger partial charge on any atom is 0.222 e. The lowest BCUT2D eigenvalue weighted by Gasteiger charge is -2.33.